The van der Waals surface area contributed by atoms with Gasteiger partial charge in [0.2, 0.25) is 0 Å². The number of ether oxygens (including phenoxy) is 1. The molecule has 1 fully saturated rings. The molecule has 0 saturated carbocycles. The molecule has 1 rings (SSSR count). The lowest BCUT2D eigenvalue weighted by molar-refractivity contribution is -0.191. The number of carboxylic acid groups (broad SMARTS) is 1. The standard InChI is InChI=1S/C8H14O5/c9-5-3-6(1-2-7(10)11)13-8(12)4-5/h5-6,8-9,12H,1-4H2,(H,10,11). The molecule has 0 aromatic heterocycles. The van der Waals surface area contributed by atoms with Gasteiger partial charge in [0, 0.05) is 12.8 Å². The molecule has 0 aromatic carbocycles. The number of hydrogen-bond acceptors (Lipinski definition) is 4. The average molecular weight is 190 g/mol. The Morgan fingerprint density at radius 1 is 1.38 bits per heavy atom. The van der Waals surface area contributed by atoms with E-state index in [1.165, 1.54) is 0 Å². The van der Waals surface area contributed by atoms with Gasteiger partial charge < -0.3 is 20.1 Å². The molecular weight excluding hydrogens is 176 g/mol. The van der Waals surface area contributed by atoms with Crippen LogP contribution in [0.4, 0.5) is 0 Å². The fourth-order valence-electron chi connectivity index (χ4n) is 1.44. The summed E-state index contributed by atoms with van der Waals surface area (Å²) in [5.74, 6) is -0.891. The second-order valence-electron chi connectivity index (χ2n) is 3.27. The van der Waals surface area contributed by atoms with Gasteiger partial charge in [-0.3, -0.25) is 4.79 Å². The van der Waals surface area contributed by atoms with Crippen LogP contribution < -0.4 is 0 Å². The van der Waals surface area contributed by atoms with Crippen LogP contribution >= 0.6 is 0 Å². The highest BCUT2D eigenvalue weighted by atomic mass is 16.6. The molecule has 1 heterocycles. The number of rotatable bonds is 3. The van der Waals surface area contributed by atoms with Crippen LogP contribution in [0.25, 0.3) is 0 Å². The quantitative estimate of drug-likeness (QED) is 0.569. The monoisotopic (exact) mass is 190 g/mol. The Kier molecular flexibility index (Phi) is 3.65. The molecular formula is C8H14O5. The SMILES string of the molecule is O=C(O)CCC1CC(O)CC(O)O1. The van der Waals surface area contributed by atoms with Gasteiger partial charge in [0.1, 0.15) is 0 Å². The molecule has 5 heteroatoms. The predicted octanol–water partition coefficient (Wildman–Crippen LogP) is -0.290. The maximum absolute atomic E-state index is 10.2. The van der Waals surface area contributed by atoms with Gasteiger partial charge in [-0.15, -0.1) is 0 Å². The molecule has 0 aliphatic carbocycles. The fourth-order valence-corrected chi connectivity index (χ4v) is 1.44. The zero-order valence-electron chi connectivity index (χ0n) is 7.22. The highest BCUT2D eigenvalue weighted by Crippen LogP contribution is 2.21. The van der Waals surface area contributed by atoms with E-state index in [1.54, 1.807) is 0 Å². The molecule has 3 unspecified atom stereocenters. The molecule has 0 radical (unpaired) electrons. The summed E-state index contributed by atoms with van der Waals surface area (Å²) in [6.07, 6.45) is -0.915. The molecule has 1 aliphatic heterocycles. The molecule has 13 heavy (non-hydrogen) atoms. The van der Waals surface area contributed by atoms with Crippen molar-refractivity contribution in [2.45, 2.75) is 44.2 Å². The van der Waals surface area contributed by atoms with E-state index in [1.807, 2.05) is 0 Å². The van der Waals surface area contributed by atoms with E-state index in [-0.39, 0.29) is 18.9 Å². The smallest absolute Gasteiger partial charge is 0.303 e. The third kappa shape index (κ3) is 3.71. The molecule has 5 nitrogen and oxygen atoms in total. The predicted molar refractivity (Wildman–Crippen MR) is 43.0 cm³/mol. The molecule has 0 aromatic rings. The van der Waals surface area contributed by atoms with Gasteiger partial charge in [-0.25, -0.2) is 0 Å². The topological polar surface area (TPSA) is 87.0 Å². The summed E-state index contributed by atoms with van der Waals surface area (Å²) in [4.78, 5) is 10.2. The van der Waals surface area contributed by atoms with E-state index in [0.29, 0.717) is 12.8 Å². The van der Waals surface area contributed by atoms with Gasteiger partial charge in [0.25, 0.3) is 0 Å². The third-order valence-corrected chi connectivity index (χ3v) is 2.04. The lowest BCUT2D eigenvalue weighted by Crippen LogP contribution is -2.35. The van der Waals surface area contributed by atoms with E-state index < -0.39 is 18.4 Å². The molecule has 0 bridgehead atoms. The molecule has 1 saturated heterocycles. The number of carboxylic acids is 1. The van der Waals surface area contributed by atoms with Crippen molar-refractivity contribution in [1.82, 2.24) is 0 Å². The number of hydrogen-bond donors (Lipinski definition) is 3. The van der Waals surface area contributed by atoms with E-state index in [0.717, 1.165) is 0 Å². The molecule has 3 atom stereocenters. The zero-order valence-corrected chi connectivity index (χ0v) is 7.22. The first-order chi connectivity index (χ1) is 6.08. The minimum Gasteiger partial charge on any atom is -0.481 e. The Bertz CT molecular complexity index is 171. The molecule has 0 amide bonds. The van der Waals surface area contributed by atoms with Gasteiger partial charge >= 0.3 is 5.97 Å². The van der Waals surface area contributed by atoms with Crippen molar-refractivity contribution in [3.8, 4) is 0 Å². The van der Waals surface area contributed by atoms with E-state index in [2.05, 4.69) is 0 Å². The first kappa shape index (κ1) is 10.4. The van der Waals surface area contributed by atoms with Crippen LogP contribution in [-0.2, 0) is 9.53 Å². The van der Waals surface area contributed by atoms with Crippen molar-refractivity contribution in [1.29, 1.82) is 0 Å². The van der Waals surface area contributed by atoms with E-state index in [4.69, 9.17) is 14.9 Å². The minimum atomic E-state index is -0.956. The Labute approximate surface area is 75.9 Å². The van der Waals surface area contributed by atoms with Crippen molar-refractivity contribution in [3.05, 3.63) is 0 Å². The van der Waals surface area contributed by atoms with Crippen molar-refractivity contribution in [2.75, 3.05) is 0 Å². The van der Waals surface area contributed by atoms with Gasteiger partial charge in [0.15, 0.2) is 6.29 Å². The lowest BCUT2D eigenvalue weighted by Gasteiger charge is -2.29. The van der Waals surface area contributed by atoms with Crippen molar-refractivity contribution in [3.63, 3.8) is 0 Å². The first-order valence-corrected chi connectivity index (χ1v) is 4.31. The van der Waals surface area contributed by atoms with Gasteiger partial charge in [-0.05, 0) is 12.8 Å². The number of aliphatic carboxylic acids is 1. The van der Waals surface area contributed by atoms with Gasteiger partial charge in [-0.2, -0.15) is 0 Å². The largest absolute Gasteiger partial charge is 0.481 e. The lowest BCUT2D eigenvalue weighted by atomic mass is 10.0. The van der Waals surface area contributed by atoms with Crippen LogP contribution in [0.2, 0.25) is 0 Å². The Hall–Kier alpha value is -0.650. The van der Waals surface area contributed by atoms with Crippen LogP contribution in [-0.4, -0.2) is 39.8 Å². The molecule has 1 aliphatic rings. The first-order valence-electron chi connectivity index (χ1n) is 4.31. The highest BCUT2D eigenvalue weighted by Gasteiger charge is 2.26. The van der Waals surface area contributed by atoms with Crippen LogP contribution in [0.15, 0.2) is 0 Å². The van der Waals surface area contributed by atoms with E-state index in [9.17, 15) is 9.90 Å². The summed E-state index contributed by atoms with van der Waals surface area (Å²) in [5, 5.41) is 26.7. The Morgan fingerprint density at radius 2 is 2.08 bits per heavy atom. The second kappa shape index (κ2) is 4.55. The van der Waals surface area contributed by atoms with Crippen LogP contribution in [0.5, 0.6) is 0 Å². The zero-order chi connectivity index (χ0) is 9.84. The van der Waals surface area contributed by atoms with E-state index >= 15 is 0 Å². The number of carbonyl (C=O) groups is 1. The summed E-state index contributed by atoms with van der Waals surface area (Å²) in [5.41, 5.74) is 0. The van der Waals surface area contributed by atoms with Gasteiger partial charge in [0.05, 0.1) is 12.2 Å². The maximum atomic E-state index is 10.2. The number of aliphatic hydroxyl groups excluding tert-OH is 2. The maximum Gasteiger partial charge on any atom is 0.303 e. The average Bonchev–Trinajstić information content (AvgIpc) is 1.99. The normalized spacial score (nSPS) is 34.5. The second-order valence-corrected chi connectivity index (χ2v) is 3.27. The summed E-state index contributed by atoms with van der Waals surface area (Å²) >= 11 is 0. The summed E-state index contributed by atoms with van der Waals surface area (Å²) in [6, 6.07) is 0. The van der Waals surface area contributed by atoms with Crippen LogP contribution in [0, 0.1) is 0 Å². The molecule has 3 N–H and O–H groups in total. The van der Waals surface area contributed by atoms with Gasteiger partial charge in [-0.1, -0.05) is 0 Å². The Morgan fingerprint density at radius 3 is 2.62 bits per heavy atom. The van der Waals surface area contributed by atoms with Crippen molar-refractivity contribution < 1.29 is 24.9 Å². The molecule has 0 spiro atoms. The minimum absolute atomic E-state index is 0.00407. The summed E-state index contributed by atoms with van der Waals surface area (Å²) < 4.78 is 5.04. The molecule has 76 valence electrons. The van der Waals surface area contributed by atoms with Crippen LogP contribution in [0.3, 0.4) is 0 Å². The summed E-state index contributed by atoms with van der Waals surface area (Å²) in [6.45, 7) is 0. The summed E-state index contributed by atoms with van der Waals surface area (Å²) in [7, 11) is 0. The van der Waals surface area contributed by atoms with Crippen molar-refractivity contribution in [2.24, 2.45) is 0 Å². The highest BCUT2D eigenvalue weighted by molar-refractivity contribution is 5.66. The number of aliphatic hydroxyl groups is 2. The fraction of sp³-hybridized carbons (Fsp3) is 0.875. The third-order valence-electron chi connectivity index (χ3n) is 2.04. The van der Waals surface area contributed by atoms with Crippen molar-refractivity contribution >= 4 is 5.97 Å². The Balaban J connectivity index is 2.28. The van der Waals surface area contributed by atoms with Crippen LogP contribution in [0.1, 0.15) is 25.7 Å².